The molecule has 0 saturated heterocycles. The first-order valence-electron chi connectivity index (χ1n) is 8.43. The second kappa shape index (κ2) is 5.69. The Kier molecular flexibility index (Phi) is 4.14. The van der Waals surface area contributed by atoms with Crippen molar-refractivity contribution in [2.24, 2.45) is 29.6 Å². The molecule has 0 N–H and O–H groups in total. The van der Waals surface area contributed by atoms with Crippen molar-refractivity contribution < 1.29 is 8.78 Å². The standard InChI is InChI=1S/C17H28F2/c1-11-2-9-15(17(19)16(11)18)14-7-5-13(6-8-14)10-12-3-4-12/h11-17H,2-10H2,1H3. The van der Waals surface area contributed by atoms with Crippen LogP contribution in [0.2, 0.25) is 0 Å². The zero-order chi connectivity index (χ0) is 13.4. The first-order valence-corrected chi connectivity index (χ1v) is 8.43. The molecule has 3 fully saturated rings. The molecule has 0 aromatic rings. The highest BCUT2D eigenvalue weighted by Crippen LogP contribution is 2.46. The van der Waals surface area contributed by atoms with E-state index in [1.54, 1.807) is 0 Å². The minimum atomic E-state index is -1.21. The molecule has 3 saturated carbocycles. The first-order chi connectivity index (χ1) is 9.15. The summed E-state index contributed by atoms with van der Waals surface area (Å²) in [6.45, 7) is 1.86. The Morgan fingerprint density at radius 2 is 1.32 bits per heavy atom. The van der Waals surface area contributed by atoms with Crippen molar-refractivity contribution in [1.29, 1.82) is 0 Å². The maximum Gasteiger partial charge on any atom is 0.134 e. The van der Waals surface area contributed by atoms with Crippen LogP contribution in [0.25, 0.3) is 0 Å². The zero-order valence-corrected chi connectivity index (χ0v) is 12.2. The Labute approximate surface area is 116 Å². The summed E-state index contributed by atoms with van der Waals surface area (Å²) < 4.78 is 28.1. The number of rotatable bonds is 3. The molecule has 0 aromatic heterocycles. The van der Waals surface area contributed by atoms with E-state index in [0.717, 1.165) is 37.5 Å². The lowest BCUT2D eigenvalue weighted by Crippen LogP contribution is -2.41. The summed E-state index contributed by atoms with van der Waals surface area (Å²) in [5, 5.41) is 0. The number of hydrogen-bond donors (Lipinski definition) is 0. The average Bonchev–Trinajstić information content (AvgIpc) is 3.22. The van der Waals surface area contributed by atoms with Gasteiger partial charge >= 0.3 is 0 Å². The normalized spacial score (nSPS) is 48.2. The fraction of sp³-hybridized carbons (Fsp3) is 1.00. The molecule has 0 bridgehead atoms. The van der Waals surface area contributed by atoms with Crippen molar-refractivity contribution in [3.05, 3.63) is 0 Å². The van der Waals surface area contributed by atoms with Gasteiger partial charge in [0.05, 0.1) is 0 Å². The fourth-order valence-corrected chi connectivity index (χ4v) is 4.50. The molecule has 4 unspecified atom stereocenters. The van der Waals surface area contributed by atoms with Gasteiger partial charge in [-0.1, -0.05) is 32.6 Å². The molecule has 110 valence electrons. The summed E-state index contributed by atoms with van der Waals surface area (Å²) in [6.07, 6.45) is 8.57. The van der Waals surface area contributed by atoms with E-state index in [1.807, 2.05) is 6.92 Å². The highest BCUT2D eigenvalue weighted by Gasteiger charge is 2.42. The summed E-state index contributed by atoms with van der Waals surface area (Å²) in [4.78, 5) is 0. The Morgan fingerprint density at radius 1 is 0.737 bits per heavy atom. The van der Waals surface area contributed by atoms with Crippen molar-refractivity contribution >= 4 is 0 Å². The molecule has 0 nitrogen and oxygen atoms in total. The van der Waals surface area contributed by atoms with Gasteiger partial charge in [0.15, 0.2) is 0 Å². The predicted octanol–water partition coefficient (Wildman–Crippen LogP) is 5.32. The molecule has 2 heteroatoms. The minimum Gasteiger partial charge on any atom is -0.244 e. The second-order valence-corrected chi connectivity index (χ2v) is 7.57. The lowest BCUT2D eigenvalue weighted by molar-refractivity contribution is -0.00680. The van der Waals surface area contributed by atoms with Gasteiger partial charge in [-0.25, -0.2) is 8.78 Å². The lowest BCUT2D eigenvalue weighted by Gasteiger charge is -2.40. The van der Waals surface area contributed by atoms with Crippen molar-refractivity contribution in [3.8, 4) is 0 Å². The Morgan fingerprint density at radius 3 is 1.89 bits per heavy atom. The van der Waals surface area contributed by atoms with Crippen LogP contribution < -0.4 is 0 Å². The van der Waals surface area contributed by atoms with Gasteiger partial charge in [0, 0.05) is 0 Å². The van der Waals surface area contributed by atoms with Gasteiger partial charge in [-0.2, -0.15) is 0 Å². The third-order valence-corrected chi connectivity index (χ3v) is 6.07. The largest absolute Gasteiger partial charge is 0.244 e. The molecule has 0 heterocycles. The van der Waals surface area contributed by atoms with Crippen molar-refractivity contribution in [3.63, 3.8) is 0 Å². The summed E-state index contributed by atoms with van der Waals surface area (Å²) in [7, 11) is 0. The van der Waals surface area contributed by atoms with Crippen molar-refractivity contribution in [1.82, 2.24) is 0 Å². The van der Waals surface area contributed by atoms with Gasteiger partial charge in [0.25, 0.3) is 0 Å². The molecular formula is C17H28F2. The molecular weight excluding hydrogens is 242 g/mol. The molecule has 19 heavy (non-hydrogen) atoms. The van der Waals surface area contributed by atoms with Crippen LogP contribution in [-0.2, 0) is 0 Å². The van der Waals surface area contributed by atoms with E-state index < -0.39 is 12.3 Å². The molecule has 4 atom stereocenters. The van der Waals surface area contributed by atoms with E-state index >= 15 is 0 Å². The highest BCUT2D eigenvalue weighted by molar-refractivity contribution is 4.91. The maximum atomic E-state index is 14.2. The second-order valence-electron chi connectivity index (χ2n) is 7.57. The predicted molar refractivity (Wildman–Crippen MR) is 74.5 cm³/mol. The summed E-state index contributed by atoms with van der Waals surface area (Å²) >= 11 is 0. The minimum absolute atomic E-state index is 0.0214. The van der Waals surface area contributed by atoms with Crippen LogP contribution in [-0.4, -0.2) is 12.3 Å². The van der Waals surface area contributed by atoms with Crippen LogP contribution in [0.1, 0.15) is 64.7 Å². The molecule has 0 radical (unpaired) electrons. The monoisotopic (exact) mass is 270 g/mol. The van der Waals surface area contributed by atoms with Gasteiger partial charge in [-0.15, -0.1) is 0 Å². The van der Waals surface area contributed by atoms with Crippen LogP contribution in [0, 0.1) is 29.6 Å². The van der Waals surface area contributed by atoms with Crippen molar-refractivity contribution in [2.45, 2.75) is 77.1 Å². The quantitative estimate of drug-likeness (QED) is 0.651. The number of halogens is 2. The van der Waals surface area contributed by atoms with E-state index in [4.69, 9.17) is 0 Å². The number of alkyl halides is 2. The zero-order valence-electron chi connectivity index (χ0n) is 12.2. The van der Waals surface area contributed by atoms with Gasteiger partial charge < -0.3 is 0 Å². The lowest BCUT2D eigenvalue weighted by atomic mass is 9.67. The van der Waals surface area contributed by atoms with Crippen LogP contribution in [0.4, 0.5) is 8.78 Å². The van der Waals surface area contributed by atoms with E-state index in [9.17, 15) is 8.78 Å². The molecule has 3 aliphatic carbocycles. The summed E-state index contributed by atoms with van der Waals surface area (Å²) in [5.74, 6) is 2.33. The van der Waals surface area contributed by atoms with E-state index in [2.05, 4.69) is 0 Å². The summed E-state index contributed by atoms with van der Waals surface area (Å²) in [6, 6.07) is 0. The average molecular weight is 270 g/mol. The Hall–Kier alpha value is -0.140. The number of hydrogen-bond acceptors (Lipinski definition) is 0. The van der Waals surface area contributed by atoms with Crippen LogP contribution >= 0.6 is 0 Å². The molecule has 0 amide bonds. The fourth-order valence-electron chi connectivity index (χ4n) is 4.50. The third-order valence-electron chi connectivity index (χ3n) is 6.07. The van der Waals surface area contributed by atoms with E-state index in [0.29, 0.717) is 5.92 Å². The molecule has 3 rings (SSSR count). The third kappa shape index (κ3) is 3.13. The Balaban J connectivity index is 1.50. The molecule has 0 aromatic carbocycles. The van der Waals surface area contributed by atoms with Crippen LogP contribution in [0.5, 0.6) is 0 Å². The maximum absolute atomic E-state index is 14.2. The summed E-state index contributed by atoms with van der Waals surface area (Å²) in [5.41, 5.74) is 0. The van der Waals surface area contributed by atoms with Crippen LogP contribution in [0.15, 0.2) is 0 Å². The molecule has 0 aliphatic heterocycles. The van der Waals surface area contributed by atoms with Gasteiger partial charge in [0.2, 0.25) is 0 Å². The Bertz CT molecular complexity index is 292. The van der Waals surface area contributed by atoms with Gasteiger partial charge in [-0.3, -0.25) is 0 Å². The first kappa shape index (κ1) is 13.8. The molecule has 3 aliphatic rings. The molecule has 0 spiro atoms. The highest BCUT2D eigenvalue weighted by atomic mass is 19.2. The van der Waals surface area contributed by atoms with Crippen molar-refractivity contribution in [2.75, 3.05) is 0 Å². The van der Waals surface area contributed by atoms with Gasteiger partial charge in [0.1, 0.15) is 12.3 Å². The van der Waals surface area contributed by atoms with E-state index in [1.165, 1.54) is 32.1 Å². The SMILES string of the molecule is CC1CCC(C2CCC(CC3CC3)CC2)C(F)C1F. The smallest absolute Gasteiger partial charge is 0.134 e. The van der Waals surface area contributed by atoms with Crippen LogP contribution in [0.3, 0.4) is 0 Å². The topological polar surface area (TPSA) is 0 Å². The van der Waals surface area contributed by atoms with Gasteiger partial charge in [-0.05, 0) is 61.7 Å². The van der Waals surface area contributed by atoms with E-state index in [-0.39, 0.29) is 11.8 Å².